The molecule has 0 amide bonds. The summed E-state index contributed by atoms with van der Waals surface area (Å²) in [5.74, 6) is -0.225. The summed E-state index contributed by atoms with van der Waals surface area (Å²) in [7, 11) is 0. The largest absolute Gasteiger partial charge is 0.457 e. The topological polar surface area (TPSA) is 55.8 Å². The van der Waals surface area contributed by atoms with E-state index in [0.29, 0.717) is 13.0 Å². The van der Waals surface area contributed by atoms with Crippen molar-refractivity contribution < 1.29 is 19.4 Å². The van der Waals surface area contributed by atoms with Crippen LogP contribution in [-0.2, 0) is 14.3 Å². The van der Waals surface area contributed by atoms with Gasteiger partial charge in [0, 0.05) is 13.0 Å². The molecule has 1 atom stereocenters. The minimum atomic E-state index is -0.529. The van der Waals surface area contributed by atoms with Crippen LogP contribution in [0.2, 0.25) is 0 Å². The van der Waals surface area contributed by atoms with E-state index in [-0.39, 0.29) is 19.2 Å². The summed E-state index contributed by atoms with van der Waals surface area (Å²) < 4.78 is 10.9. The maximum atomic E-state index is 11.8. The third kappa shape index (κ3) is 23.4. The first-order valence-electron chi connectivity index (χ1n) is 12.9. The molecule has 4 heteroatoms. The Labute approximate surface area is 192 Å². The van der Waals surface area contributed by atoms with Gasteiger partial charge in [-0.05, 0) is 38.5 Å². The molecule has 4 nitrogen and oxygen atoms in total. The molecule has 0 saturated carbocycles. The minimum absolute atomic E-state index is 0.176. The van der Waals surface area contributed by atoms with Crippen molar-refractivity contribution in [3.63, 3.8) is 0 Å². The fourth-order valence-corrected chi connectivity index (χ4v) is 3.28. The number of ether oxygens (including phenoxy) is 2. The highest BCUT2D eigenvalue weighted by molar-refractivity contribution is 5.69. The van der Waals surface area contributed by atoms with E-state index in [4.69, 9.17) is 9.47 Å². The van der Waals surface area contributed by atoms with Gasteiger partial charge < -0.3 is 14.6 Å². The van der Waals surface area contributed by atoms with Crippen molar-refractivity contribution in [3.05, 3.63) is 24.3 Å². The van der Waals surface area contributed by atoms with Crippen molar-refractivity contribution in [2.75, 3.05) is 19.8 Å². The number of aliphatic hydroxyl groups is 1. The van der Waals surface area contributed by atoms with Crippen LogP contribution in [0.25, 0.3) is 0 Å². The Hall–Kier alpha value is -1.13. The van der Waals surface area contributed by atoms with Crippen LogP contribution in [0.1, 0.15) is 117 Å². The molecule has 0 rings (SSSR count). The van der Waals surface area contributed by atoms with E-state index in [1.54, 1.807) is 0 Å². The second-order valence-corrected chi connectivity index (χ2v) is 8.41. The zero-order valence-electron chi connectivity index (χ0n) is 20.5. The molecule has 1 N–H and O–H groups in total. The third-order valence-electron chi connectivity index (χ3n) is 5.28. The molecule has 0 aromatic carbocycles. The summed E-state index contributed by atoms with van der Waals surface area (Å²) >= 11 is 0. The smallest absolute Gasteiger partial charge is 0.306 e. The quantitative estimate of drug-likeness (QED) is 0.103. The standard InChI is InChI=1S/C27H50O4/c1-3-5-7-9-10-11-12-13-14-15-16-17-18-19-21-23-30-25-26(24-28)31-27(29)22-20-8-6-4-2/h9-10,12-13,26,28H,3-8,11,14-25H2,1-2H3/b10-9-,13-12-. The summed E-state index contributed by atoms with van der Waals surface area (Å²) in [5.41, 5.74) is 0. The van der Waals surface area contributed by atoms with Crippen molar-refractivity contribution in [2.24, 2.45) is 0 Å². The zero-order chi connectivity index (χ0) is 22.8. The number of aliphatic hydroxyl groups excluding tert-OH is 1. The van der Waals surface area contributed by atoms with Crippen LogP contribution in [0.5, 0.6) is 0 Å². The molecule has 0 fully saturated rings. The fraction of sp³-hybridized carbons (Fsp3) is 0.815. The molecule has 0 saturated heterocycles. The number of hydrogen-bond donors (Lipinski definition) is 1. The summed E-state index contributed by atoms with van der Waals surface area (Å²) in [6.45, 7) is 5.15. The summed E-state index contributed by atoms with van der Waals surface area (Å²) in [6, 6.07) is 0. The highest BCUT2D eigenvalue weighted by Crippen LogP contribution is 2.09. The second-order valence-electron chi connectivity index (χ2n) is 8.41. The van der Waals surface area contributed by atoms with Crippen LogP contribution in [-0.4, -0.2) is 37.0 Å². The maximum Gasteiger partial charge on any atom is 0.306 e. The molecule has 0 heterocycles. The van der Waals surface area contributed by atoms with Crippen molar-refractivity contribution in [1.29, 1.82) is 0 Å². The zero-order valence-corrected chi connectivity index (χ0v) is 20.5. The molecule has 0 aliphatic carbocycles. The van der Waals surface area contributed by atoms with Gasteiger partial charge in [-0.15, -0.1) is 0 Å². The van der Waals surface area contributed by atoms with Gasteiger partial charge in [0.05, 0.1) is 13.2 Å². The van der Waals surface area contributed by atoms with Gasteiger partial charge in [-0.25, -0.2) is 0 Å². The molecule has 0 aromatic heterocycles. The average molecular weight is 439 g/mol. The molecule has 182 valence electrons. The number of carbonyl (C=O) groups is 1. The van der Waals surface area contributed by atoms with Crippen molar-refractivity contribution in [1.82, 2.24) is 0 Å². The summed E-state index contributed by atoms with van der Waals surface area (Å²) in [4.78, 5) is 11.8. The average Bonchev–Trinajstić information content (AvgIpc) is 2.78. The fourth-order valence-electron chi connectivity index (χ4n) is 3.28. The van der Waals surface area contributed by atoms with Crippen molar-refractivity contribution in [3.8, 4) is 0 Å². The van der Waals surface area contributed by atoms with Gasteiger partial charge in [0.1, 0.15) is 6.10 Å². The Kier molecular flexibility index (Phi) is 24.2. The van der Waals surface area contributed by atoms with Crippen LogP contribution < -0.4 is 0 Å². The lowest BCUT2D eigenvalue weighted by atomic mass is 10.1. The van der Waals surface area contributed by atoms with Crippen LogP contribution in [0.3, 0.4) is 0 Å². The first-order chi connectivity index (χ1) is 15.2. The molecular formula is C27H50O4. The van der Waals surface area contributed by atoms with Gasteiger partial charge in [-0.3, -0.25) is 4.79 Å². The Morgan fingerprint density at radius 3 is 2.06 bits per heavy atom. The van der Waals surface area contributed by atoms with Gasteiger partial charge in [0.15, 0.2) is 0 Å². The normalized spacial score (nSPS) is 12.7. The molecule has 0 radical (unpaired) electrons. The van der Waals surface area contributed by atoms with E-state index in [2.05, 4.69) is 38.2 Å². The van der Waals surface area contributed by atoms with Gasteiger partial charge >= 0.3 is 5.97 Å². The van der Waals surface area contributed by atoms with Crippen molar-refractivity contribution in [2.45, 2.75) is 123 Å². The van der Waals surface area contributed by atoms with E-state index in [0.717, 1.165) is 38.5 Å². The molecular weight excluding hydrogens is 388 g/mol. The first kappa shape index (κ1) is 29.9. The lowest BCUT2D eigenvalue weighted by Crippen LogP contribution is -2.27. The van der Waals surface area contributed by atoms with Crippen LogP contribution in [0, 0.1) is 0 Å². The minimum Gasteiger partial charge on any atom is -0.457 e. The Balaban J connectivity index is 3.43. The number of esters is 1. The van der Waals surface area contributed by atoms with Crippen LogP contribution in [0.4, 0.5) is 0 Å². The highest BCUT2D eigenvalue weighted by Gasteiger charge is 2.13. The Morgan fingerprint density at radius 1 is 0.774 bits per heavy atom. The Bertz CT molecular complexity index is 431. The number of carbonyl (C=O) groups excluding carboxylic acids is 1. The van der Waals surface area contributed by atoms with E-state index in [1.165, 1.54) is 57.8 Å². The van der Waals surface area contributed by atoms with Gasteiger partial charge in [-0.2, -0.15) is 0 Å². The number of unbranched alkanes of at least 4 members (excludes halogenated alkanes) is 11. The highest BCUT2D eigenvalue weighted by atomic mass is 16.6. The Morgan fingerprint density at radius 2 is 1.39 bits per heavy atom. The second kappa shape index (κ2) is 25.1. The van der Waals surface area contributed by atoms with E-state index in [1.807, 2.05) is 0 Å². The van der Waals surface area contributed by atoms with E-state index >= 15 is 0 Å². The summed E-state index contributed by atoms with van der Waals surface area (Å²) in [5, 5.41) is 9.35. The molecule has 0 bridgehead atoms. The molecule has 0 aliphatic rings. The van der Waals surface area contributed by atoms with Crippen LogP contribution in [0.15, 0.2) is 24.3 Å². The first-order valence-corrected chi connectivity index (χ1v) is 12.9. The van der Waals surface area contributed by atoms with Crippen molar-refractivity contribution >= 4 is 5.97 Å². The number of rotatable bonds is 23. The third-order valence-corrected chi connectivity index (χ3v) is 5.28. The maximum absolute atomic E-state index is 11.8. The lowest BCUT2D eigenvalue weighted by Gasteiger charge is -2.15. The number of allylic oxidation sites excluding steroid dienone is 4. The lowest BCUT2D eigenvalue weighted by molar-refractivity contribution is -0.154. The molecule has 0 aromatic rings. The number of hydrogen-bond acceptors (Lipinski definition) is 4. The van der Waals surface area contributed by atoms with Gasteiger partial charge in [-0.1, -0.05) is 95.9 Å². The summed E-state index contributed by atoms with van der Waals surface area (Å²) in [6.07, 6.45) is 26.6. The van der Waals surface area contributed by atoms with E-state index < -0.39 is 6.10 Å². The SMILES string of the molecule is CCCC/C=C\C/C=C\CCCCCCCCOCC(CO)OC(=O)CCCCCC. The van der Waals surface area contributed by atoms with Crippen LogP contribution >= 0.6 is 0 Å². The molecule has 1 unspecified atom stereocenters. The molecule has 0 aliphatic heterocycles. The monoisotopic (exact) mass is 438 g/mol. The van der Waals surface area contributed by atoms with Gasteiger partial charge in [0.25, 0.3) is 0 Å². The predicted molar refractivity (Wildman–Crippen MR) is 131 cm³/mol. The predicted octanol–water partition coefficient (Wildman–Crippen LogP) is 7.30. The molecule has 31 heavy (non-hydrogen) atoms. The van der Waals surface area contributed by atoms with Gasteiger partial charge in [0.2, 0.25) is 0 Å². The van der Waals surface area contributed by atoms with E-state index in [9.17, 15) is 9.90 Å². The molecule has 0 spiro atoms.